The summed E-state index contributed by atoms with van der Waals surface area (Å²) in [6.45, 7) is 7.35. The summed E-state index contributed by atoms with van der Waals surface area (Å²) in [5, 5.41) is 3.44. The van der Waals surface area contributed by atoms with Crippen LogP contribution in [-0.4, -0.2) is 57.4 Å². The number of alkyl halides is 1. The van der Waals surface area contributed by atoms with E-state index < -0.39 is 5.38 Å². The van der Waals surface area contributed by atoms with Crippen molar-refractivity contribution in [1.82, 2.24) is 19.9 Å². The van der Waals surface area contributed by atoms with Crippen LogP contribution in [0.25, 0.3) is 0 Å². The molecule has 0 aromatic carbocycles. The third kappa shape index (κ3) is 4.61. The Kier molecular flexibility index (Phi) is 6.71. The third-order valence-corrected chi connectivity index (χ3v) is 3.36. The molecule has 1 saturated heterocycles. The van der Waals surface area contributed by atoms with Crippen molar-refractivity contribution in [2.24, 2.45) is 0 Å². The summed E-state index contributed by atoms with van der Waals surface area (Å²) in [5.41, 5.74) is 0. The molecule has 0 N–H and O–H groups in total. The second-order valence-electron chi connectivity index (χ2n) is 4.80. The van der Waals surface area contributed by atoms with E-state index in [0.717, 1.165) is 26.1 Å². The number of aryl methyl sites for hydroxylation is 1. The first-order chi connectivity index (χ1) is 9.06. The molecule has 1 fully saturated rings. The predicted octanol–water partition coefficient (Wildman–Crippen LogP) is 1.46. The van der Waals surface area contributed by atoms with Gasteiger partial charge in [-0.15, -0.1) is 24.0 Å². The lowest BCUT2D eigenvalue weighted by Gasteiger charge is -2.22. The molecule has 2 rings (SSSR count). The molecule has 20 heavy (non-hydrogen) atoms. The van der Waals surface area contributed by atoms with Crippen LogP contribution in [0.1, 0.15) is 25.1 Å². The number of nitrogens with zero attached hydrogens (tertiary/aromatic N) is 4. The molecular formula is C12H20Cl2N4O2. The lowest BCUT2D eigenvalue weighted by molar-refractivity contribution is -0.130. The molecule has 1 aliphatic rings. The van der Waals surface area contributed by atoms with E-state index >= 15 is 0 Å². The first-order valence-electron chi connectivity index (χ1n) is 6.50. The average Bonchev–Trinajstić information content (AvgIpc) is 2.63. The van der Waals surface area contributed by atoms with Crippen molar-refractivity contribution < 1.29 is 9.32 Å². The van der Waals surface area contributed by atoms with Crippen LogP contribution >= 0.6 is 24.0 Å². The molecule has 6 nitrogen and oxygen atoms in total. The van der Waals surface area contributed by atoms with E-state index in [1.165, 1.54) is 0 Å². The van der Waals surface area contributed by atoms with Gasteiger partial charge in [0.05, 0.1) is 6.54 Å². The smallest absolute Gasteiger partial charge is 0.240 e. The average molecular weight is 323 g/mol. The fraction of sp³-hybridized carbons (Fsp3) is 0.750. The number of carbonyl (C=O) groups is 1. The van der Waals surface area contributed by atoms with Crippen LogP contribution in [0.4, 0.5) is 0 Å². The van der Waals surface area contributed by atoms with Crippen molar-refractivity contribution in [3.05, 3.63) is 11.7 Å². The Balaban J connectivity index is 0.00000200. The van der Waals surface area contributed by atoms with Gasteiger partial charge in [0, 0.05) is 33.1 Å². The van der Waals surface area contributed by atoms with E-state index in [9.17, 15) is 4.79 Å². The minimum absolute atomic E-state index is 0. The molecule has 0 spiro atoms. The zero-order chi connectivity index (χ0) is 13.8. The van der Waals surface area contributed by atoms with Crippen LogP contribution < -0.4 is 0 Å². The van der Waals surface area contributed by atoms with Crippen molar-refractivity contribution in [2.45, 2.75) is 32.2 Å². The zero-order valence-electron chi connectivity index (χ0n) is 11.7. The summed E-state index contributed by atoms with van der Waals surface area (Å²) in [6, 6.07) is 0. The number of aromatic nitrogens is 2. The second-order valence-corrected chi connectivity index (χ2v) is 5.46. The Morgan fingerprint density at radius 1 is 1.40 bits per heavy atom. The van der Waals surface area contributed by atoms with E-state index in [1.54, 1.807) is 13.8 Å². The molecule has 1 aromatic rings. The number of hydrogen-bond donors (Lipinski definition) is 0. The molecule has 0 bridgehead atoms. The van der Waals surface area contributed by atoms with Crippen molar-refractivity contribution in [1.29, 1.82) is 0 Å². The van der Waals surface area contributed by atoms with Crippen LogP contribution in [0.15, 0.2) is 4.52 Å². The van der Waals surface area contributed by atoms with Crippen molar-refractivity contribution in [3.8, 4) is 0 Å². The SMILES string of the molecule is Cc1nc(CN2CCCN(C(=O)C(C)Cl)CC2)no1.Cl. The molecular weight excluding hydrogens is 303 g/mol. The lowest BCUT2D eigenvalue weighted by atomic mass is 10.3. The fourth-order valence-electron chi connectivity index (χ4n) is 2.21. The molecule has 1 aliphatic heterocycles. The normalized spacial score (nSPS) is 18.2. The Morgan fingerprint density at radius 2 is 2.15 bits per heavy atom. The lowest BCUT2D eigenvalue weighted by Crippen LogP contribution is -2.38. The van der Waals surface area contributed by atoms with E-state index in [0.29, 0.717) is 24.8 Å². The molecule has 1 atom stereocenters. The number of hydrogen-bond acceptors (Lipinski definition) is 5. The van der Waals surface area contributed by atoms with Gasteiger partial charge in [-0.3, -0.25) is 9.69 Å². The standard InChI is InChI=1S/C12H19ClN4O2.ClH/c1-9(13)12(18)17-5-3-4-16(6-7-17)8-11-14-10(2)19-15-11;/h9H,3-8H2,1-2H3;1H. The first kappa shape index (κ1) is 17.2. The Morgan fingerprint density at radius 3 is 2.75 bits per heavy atom. The maximum Gasteiger partial charge on any atom is 0.240 e. The summed E-state index contributed by atoms with van der Waals surface area (Å²) in [7, 11) is 0. The second kappa shape index (κ2) is 7.81. The molecule has 1 aromatic heterocycles. The molecule has 0 aliphatic carbocycles. The number of halogens is 2. The largest absolute Gasteiger partial charge is 0.340 e. The van der Waals surface area contributed by atoms with Crippen LogP contribution in [0.3, 0.4) is 0 Å². The summed E-state index contributed by atoms with van der Waals surface area (Å²) >= 11 is 5.85. The molecule has 1 amide bonds. The maximum atomic E-state index is 11.9. The monoisotopic (exact) mass is 322 g/mol. The van der Waals surface area contributed by atoms with Gasteiger partial charge in [0.2, 0.25) is 11.8 Å². The number of amides is 1. The van der Waals surface area contributed by atoms with Gasteiger partial charge in [-0.05, 0) is 13.3 Å². The van der Waals surface area contributed by atoms with Gasteiger partial charge in [0.15, 0.2) is 5.82 Å². The van der Waals surface area contributed by atoms with E-state index in [4.69, 9.17) is 16.1 Å². The quantitative estimate of drug-likeness (QED) is 0.788. The van der Waals surface area contributed by atoms with Crippen LogP contribution in [0, 0.1) is 6.92 Å². The molecule has 1 unspecified atom stereocenters. The maximum absolute atomic E-state index is 11.9. The van der Waals surface area contributed by atoms with Crippen LogP contribution in [0.5, 0.6) is 0 Å². The summed E-state index contributed by atoms with van der Waals surface area (Å²) in [5.74, 6) is 1.29. The highest BCUT2D eigenvalue weighted by atomic mass is 35.5. The van der Waals surface area contributed by atoms with Gasteiger partial charge in [-0.2, -0.15) is 4.98 Å². The van der Waals surface area contributed by atoms with E-state index in [-0.39, 0.29) is 18.3 Å². The van der Waals surface area contributed by atoms with Crippen LogP contribution in [-0.2, 0) is 11.3 Å². The van der Waals surface area contributed by atoms with E-state index in [2.05, 4.69) is 15.0 Å². The highest BCUT2D eigenvalue weighted by Crippen LogP contribution is 2.10. The van der Waals surface area contributed by atoms with Gasteiger partial charge in [0.25, 0.3) is 0 Å². The first-order valence-corrected chi connectivity index (χ1v) is 6.94. The molecule has 114 valence electrons. The fourth-order valence-corrected chi connectivity index (χ4v) is 2.34. The number of carbonyl (C=O) groups excluding carboxylic acids is 1. The highest BCUT2D eigenvalue weighted by molar-refractivity contribution is 6.30. The van der Waals surface area contributed by atoms with Crippen molar-refractivity contribution in [2.75, 3.05) is 26.2 Å². The Hall–Kier alpha value is -0.850. The Labute approximate surface area is 129 Å². The summed E-state index contributed by atoms with van der Waals surface area (Å²) < 4.78 is 4.96. The topological polar surface area (TPSA) is 62.5 Å². The van der Waals surface area contributed by atoms with Crippen molar-refractivity contribution in [3.63, 3.8) is 0 Å². The number of rotatable bonds is 3. The van der Waals surface area contributed by atoms with Gasteiger partial charge >= 0.3 is 0 Å². The Bertz CT molecular complexity index is 439. The van der Waals surface area contributed by atoms with Gasteiger partial charge in [0.1, 0.15) is 5.38 Å². The zero-order valence-corrected chi connectivity index (χ0v) is 13.3. The minimum Gasteiger partial charge on any atom is -0.340 e. The third-order valence-electron chi connectivity index (χ3n) is 3.18. The van der Waals surface area contributed by atoms with Gasteiger partial charge in [-0.25, -0.2) is 0 Å². The minimum atomic E-state index is -0.452. The summed E-state index contributed by atoms with van der Waals surface area (Å²) in [6.07, 6.45) is 0.937. The van der Waals surface area contributed by atoms with Gasteiger partial charge < -0.3 is 9.42 Å². The predicted molar refractivity (Wildman–Crippen MR) is 78.1 cm³/mol. The molecule has 8 heteroatoms. The highest BCUT2D eigenvalue weighted by Gasteiger charge is 2.22. The van der Waals surface area contributed by atoms with E-state index in [1.807, 2.05) is 4.90 Å². The van der Waals surface area contributed by atoms with Gasteiger partial charge in [-0.1, -0.05) is 5.16 Å². The molecule has 0 radical (unpaired) electrons. The molecule has 2 heterocycles. The summed E-state index contributed by atoms with van der Waals surface area (Å²) in [4.78, 5) is 20.1. The van der Waals surface area contributed by atoms with Crippen molar-refractivity contribution >= 4 is 29.9 Å². The van der Waals surface area contributed by atoms with Crippen LogP contribution in [0.2, 0.25) is 0 Å². The molecule has 0 saturated carbocycles.